The molecule has 39 heavy (non-hydrogen) atoms. The minimum absolute atomic E-state index is 0.0447. The first kappa shape index (κ1) is 29.4. The van der Waals surface area contributed by atoms with E-state index in [1.807, 2.05) is 20.8 Å². The molecule has 1 spiro atoms. The third kappa shape index (κ3) is 5.54. The van der Waals surface area contributed by atoms with E-state index in [0.29, 0.717) is 24.8 Å². The summed E-state index contributed by atoms with van der Waals surface area (Å²) in [5.74, 6) is -4.02. The number of hydrogen-bond acceptors (Lipinski definition) is 4. The minimum Gasteiger partial charge on any atom is -0.390 e. The Balaban J connectivity index is 1.85. The van der Waals surface area contributed by atoms with E-state index >= 15 is 0 Å². The number of amides is 2. The van der Waals surface area contributed by atoms with Crippen molar-refractivity contribution in [1.29, 1.82) is 0 Å². The fourth-order valence-corrected chi connectivity index (χ4v) is 6.38. The number of nitrogens with one attached hydrogen (secondary N) is 3. The van der Waals surface area contributed by atoms with E-state index in [4.69, 9.17) is 11.6 Å². The molecule has 2 amide bonds. The number of alkyl halides is 1. The van der Waals surface area contributed by atoms with Crippen LogP contribution in [0, 0.1) is 23.0 Å². The zero-order valence-corrected chi connectivity index (χ0v) is 23.3. The molecule has 1 aromatic rings. The molecule has 2 fully saturated rings. The van der Waals surface area contributed by atoms with Crippen LogP contribution in [0.15, 0.2) is 47.5 Å². The molecule has 4 atom stereocenters. The average Bonchev–Trinajstić information content (AvgIpc) is 3.27. The van der Waals surface area contributed by atoms with Crippen LogP contribution in [-0.4, -0.2) is 47.3 Å². The fraction of sp³-hybridized carbons (Fsp3) is 0.517. The second-order valence-electron chi connectivity index (χ2n) is 12.4. The number of halogens is 4. The van der Waals surface area contributed by atoms with Crippen molar-refractivity contribution >= 4 is 29.1 Å². The number of carbonyl (C=O) groups excluding carboxylic acids is 2. The summed E-state index contributed by atoms with van der Waals surface area (Å²) in [4.78, 5) is 27.7. The highest BCUT2D eigenvalue weighted by atomic mass is 35.5. The normalized spacial score (nSPS) is 32.3. The zero-order valence-electron chi connectivity index (χ0n) is 22.5. The molecule has 1 saturated heterocycles. The molecular formula is C29H35ClF3N3O3. The lowest BCUT2D eigenvalue weighted by molar-refractivity contribution is -0.127. The molecule has 0 radical (unpaired) electrons. The highest BCUT2D eigenvalue weighted by Crippen LogP contribution is 2.55. The predicted molar refractivity (Wildman–Crippen MR) is 145 cm³/mol. The molecule has 4 N–H and O–H groups in total. The number of allylic oxidation sites excluding steroid dienone is 4. The van der Waals surface area contributed by atoms with Crippen LogP contribution in [-0.2, 0) is 15.0 Å². The molecule has 3 aliphatic rings. The summed E-state index contributed by atoms with van der Waals surface area (Å²) >= 11 is 5.80. The molecule has 4 rings (SSSR count). The summed E-state index contributed by atoms with van der Waals surface area (Å²) in [6, 6.07) is 0.107. The van der Waals surface area contributed by atoms with Gasteiger partial charge in [0.15, 0.2) is 11.6 Å². The Labute approximate surface area is 231 Å². The number of rotatable bonds is 7. The largest absolute Gasteiger partial charge is 0.390 e. The third-order valence-corrected chi connectivity index (χ3v) is 8.04. The monoisotopic (exact) mass is 565 g/mol. The van der Waals surface area contributed by atoms with Crippen molar-refractivity contribution in [3.8, 4) is 0 Å². The van der Waals surface area contributed by atoms with Gasteiger partial charge in [-0.3, -0.25) is 9.59 Å². The Morgan fingerprint density at radius 1 is 1.28 bits per heavy atom. The SMILES string of the molecule is C=C(/C=C\C=C(\Cl)CF)[C@H]1[C@H](C(=O)NC2CC(C)(O)C2)N[C@H](CC(C)(C)C)[C@]12C(=O)Nc1cc(F)c(F)cc12. The van der Waals surface area contributed by atoms with E-state index in [1.165, 1.54) is 12.2 Å². The second kappa shape index (κ2) is 10.4. The van der Waals surface area contributed by atoms with Crippen molar-refractivity contribution in [1.82, 2.24) is 10.6 Å². The van der Waals surface area contributed by atoms with Crippen LogP contribution in [0.1, 0.15) is 52.5 Å². The number of aliphatic hydroxyl groups is 1. The topological polar surface area (TPSA) is 90.5 Å². The quantitative estimate of drug-likeness (QED) is 0.358. The Bertz CT molecular complexity index is 1250. The lowest BCUT2D eigenvalue weighted by atomic mass is 9.62. The first-order valence-corrected chi connectivity index (χ1v) is 13.3. The van der Waals surface area contributed by atoms with Crippen molar-refractivity contribution < 1.29 is 27.9 Å². The number of carbonyl (C=O) groups is 2. The zero-order chi connectivity index (χ0) is 28.9. The van der Waals surface area contributed by atoms with Gasteiger partial charge in [0.25, 0.3) is 0 Å². The van der Waals surface area contributed by atoms with Crippen LogP contribution in [0.25, 0.3) is 0 Å². The van der Waals surface area contributed by atoms with Crippen LogP contribution in [0.5, 0.6) is 0 Å². The average molecular weight is 566 g/mol. The Morgan fingerprint density at radius 3 is 2.51 bits per heavy atom. The molecule has 1 saturated carbocycles. The van der Waals surface area contributed by atoms with Gasteiger partial charge in [-0.2, -0.15) is 0 Å². The number of fused-ring (bicyclic) bond motifs is 2. The van der Waals surface area contributed by atoms with Crippen LogP contribution in [0.2, 0.25) is 0 Å². The van der Waals surface area contributed by atoms with E-state index in [1.54, 1.807) is 13.0 Å². The molecule has 212 valence electrons. The fourth-order valence-electron chi connectivity index (χ4n) is 6.30. The highest BCUT2D eigenvalue weighted by molar-refractivity contribution is 6.29. The molecule has 2 aliphatic heterocycles. The van der Waals surface area contributed by atoms with Crippen molar-refractivity contribution in [2.75, 3.05) is 12.0 Å². The number of anilines is 1. The van der Waals surface area contributed by atoms with Gasteiger partial charge in [-0.05, 0) is 54.9 Å². The first-order chi connectivity index (χ1) is 18.1. The van der Waals surface area contributed by atoms with Crippen LogP contribution < -0.4 is 16.0 Å². The molecule has 0 aromatic heterocycles. The van der Waals surface area contributed by atoms with Gasteiger partial charge in [0, 0.05) is 34.8 Å². The molecule has 0 unspecified atom stereocenters. The summed E-state index contributed by atoms with van der Waals surface area (Å²) in [7, 11) is 0. The summed E-state index contributed by atoms with van der Waals surface area (Å²) in [5, 5.41) is 19.1. The standard InChI is InChI=1S/C29H35ClF3N3O3/c1-15(7-6-8-16(30)14-31)23-24(25(37)34-17-11-28(5,39)12-17)36-22(13-27(2,3)4)29(23)18-9-19(32)20(33)10-21(18)35-26(29)38/h6-10,17,22-24,36,39H,1,11-14H2,2-5H3,(H,34,37)(H,35,38)/b7-6-,16-8+/t17?,22-,23+,24-,28?,29+/m1/s1. The lowest BCUT2D eigenvalue weighted by Gasteiger charge is -2.42. The molecule has 1 aromatic carbocycles. The maximum atomic E-state index is 14.7. The van der Waals surface area contributed by atoms with Gasteiger partial charge in [-0.25, -0.2) is 13.2 Å². The Morgan fingerprint density at radius 2 is 1.92 bits per heavy atom. The first-order valence-electron chi connectivity index (χ1n) is 13.0. The van der Waals surface area contributed by atoms with E-state index in [9.17, 15) is 27.9 Å². The van der Waals surface area contributed by atoms with Crippen molar-refractivity contribution in [3.05, 3.63) is 64.7 Å². The van der Waals surface area contributed by atoms with Crippen molar-refractivity contribution in [3.63, 3.8) is 0 Å². The number of benzene rings is 1. The van der Waals surface area contributed by atoms with E-state index in [0.717, 1.165) is 12.1 Å². The molecule has 0 bridgehead atoms. The van der Waals surface area contributed by atoms with Gasteiger partial charge in [0.1, 0.15) is 12.1 Å². The molecule has 1 aliphatic carbocycles. The number of hydrogen-bond donors (Lipinski definition) is 4. The molecule has 2 heterocycles. The molecule has 10 heteroatoms. The molecule has 6 nitrogen and oxygen atoms in total. The third-order valence-electron chi connectivity index (χ3n) is 7.82. The van der Waals surface area contributed by atoms with Gasteiger partial charge in [-0.1, -0.05) is 51.1 Å². The van der Waals surface area contributed by atoms with E-state index in [2.05, 4.69) is 22.5 Å². The molecular weight excluding hydrogens is 531 g/mol. The van der Waals surface area contributed by atoms with Crippen molar-refractivity contribution in [2.24, 2.45) is 11.3 Å². The minimum atomic E-state index is -1.50. The van der Waals surface area contributed by atoms with Crippen LogP contribution >= 0.6 is 11.6 Å². The lowest BCUT2D eigenvalue weighted by Crippen LogP contribution is -2.57. The Kier molecular flexibility index (Phi) is 7.84. The summed E-state index contributed by atoms with van der Waals surface area (Å²) in [6.07, 6.45) is 5.55. The van der Waals surface area contributed by atoms with Gasteiger partial charge < -0.3 is 21.1 Å². The van der Waals surface area contributed by atoms with E-state index < -0.39 is 59.1 Å². The van der Waals surface area contributed by atoms with Crippen LogP contribution in [0.3, 0.4) is 0 Å². The van der Waals surface area contributed by atoms with Gasteiger partial charge in [-0.15, -0.1) is 0 Å². The maximum absolute atomic E-state index is 14.7. The van der Waals surface area contributed by atoms with E-state index in [-0.39, 0.29) is 27.7 Å². The van der Waals surface area contributed by atoms with Crippen molar-refractivity contribution in [2.45, 2.75) is 76.1 Å². The summed E-state index contributed by atoms with van der Waals surface area (Å²) < 4.78 is 41.8. The van der Waals surface area contributed by atoms with Crippen LogP contribution in [0.4, 0.5) is 18.9 Å². The predicted octanol–water partition coefficient (Wildman–Crippen LogP) is 4.78. The van der Waals surface area contributed by atoms with Gasteiger partial charge in [0.2, 0.25) is 11.8 Å². The summed E-state index contributed by atoms with van der Waals surface area (Å²) in [5.41, 5.74) is -1.95. The second-order valence-corrected chi connectivity index (χ2v) is 12.9. The smallest absolute Gasteiger partial charge is 0.238 e. The Hall–Kier alpha value is -2.62. The van der Waals surface area contributed by atoms with Gasteiger partial charge in [0.05, 0.1) is 11.6 Å². The van der Waals surface area contributed by atoms with Gasteiger partial charge >= 0.3 is 0 Å². The summed E-state index contributed by atoms with van der Waals surface area (Å²) in [6.45, 7) is 10.9. The maximum Gasteiger partial charge on any atom is 0.238 e. The highest BCUT2D eigenvalue weighted by Gasteiger charge is 2.66.